The number of hydrogen-bond acceptors (Lipinski definition) is 4. The van der Waals surface area contributed by atoms with Crippen LogP contribution in [0.5, 0.6) is 0 Å². The van der Waals surface area contributed by atoms with E-state index in [1.807, 2.05) is 19.1 Å². The number of carbonyl (C=O) groups excluding carboxylic acids is 2. The first kappa shape index (κ1) is 16.3. The van der Waals surface area contributed by atoms with Crippen molar-refractivity contribution in [3.8, 4) is 0 Å². The van der Waals surface area contributed by atoms with E-state index in [2.05, 4.69) is 21.2 Å². The third-order valence-corrected chi connectivity index (χ3v) is 3.65. The Kier molecular flexibility index (Phi) is 5.03. The first-order valence-corrected chi connectivity index (χ1v) is 7.46. The summed E-state index contributed by atoms with van der Waals surface area (Å²) < 4.78 is 11.0. The standard InChI is InChI=1S/C16H16BrNO4/c1-9-4-5-14(13(17)6-9)18-15(19)8-21-16(20)12-7-10(2)22-11(12)3/h4-7H,8H2,1-3H3,(H,18,19). The van der Waals surface area contributed by atoms with Gasteiger partial charge in [0.15, 0.2) is 6.61 Å². The molecular formula is C16H16BrNO4. The third-order valence-electron chi connectivity index (χ3n) is 2.99. The highest BCUT2D eigenvalue weighted by Crippen LogP contribution is 2.23. The molecule has 0 spiro atoms. The maximum absolute atomic E-state index is 11.9. The number of amides is 1. The molecule has 0 bridgehead atoms. The fourth-order valence-electron chi connectivity index (χ4n) is 1.95. The van der Waals surface area contributed by atoms with Crippen molar-refractivity contribution in [3.05, 3.63) is 51.4 Å². The molecule has 5 nitrogen and oxygen atoms in total. The van der Waals surface area contributed by atoms with Crippen molar-refractivity contribution in [1.29, 1.82) is 0 Å². The molecule has 0 aliphatic carbocycles. The van der Waals surface area contributed by atoms with Gasteiger partial charge in [-0.3, -0.25) is 4.79 Å². The SMILES string of the molecule is Cc1ccc(NC(=O)COC(=O)c2cc(C)oc2C)c(Br)c1. The van der Waals surface area contributed by atoms with Gasteiger partial charge < -0.3 is 14.5 Å². The van der Waals surface area contributed by atoms with Crippen molar-refractivity contribution >= 4 is 33.5 Å². The number of ether oxygens (including phenoxy) is 1. The minimum atomic E-state index is -0.576. The fourth-order valence-corrected chi connectivity index (χ4v) is 2.54. The van der Waals surface area contributed by atoms with Crippen molar-refractivity contribution in [2.75, 3.05) is 11.9 Å². The van der Waals surface area contributed by atoms with E-state index in [9.17, 15) is 9.59 Å². The second-order valence-corrected chi connectivity index (χ2v) is 5.79. The normalized spacial score (nSPS) is 10.4. The summed E-state index contributed by atoms with van der Waals surface area (Å²) in [7, 11) is 0. The van der Waals surface area contributed by atoms with Crippen LogP contribution in [-0.2, 0) is 9.53 Å². The Bertz CT molecular complexity index is 721. The number of furan rings is 1. The molecule has 0 fully saturated rings. The lowest BCUT2D eigenvalue weighted by atomic mass is 10.2. The monoisotopic (exact) mass is 365 g/mol. The Morgan fingerprint density at radius 1 is 1.23 bits per heavy atom. The predicted molar refractivity (Wildman–Crippen MR) is 86.0 cm³/mol. The molecule has 0 saturated carbocycles. The molecule has 0 saturated heterocycles. The Hall–Kier alpha value is -2.08. The first-order chi connectivity index (χ1) is 10.4. The van der Waals surface area contributed by atoms with Crippen molar-refractivity contribution in [3.63, 3.8) is 0 Å². The summed E-state index contributed by atoms with van der Waals surface area (Å²) in [5, 5.41) is 2.68. The highest BCUT2D eigenvalue weighted by molar-refractivity contribution is 9.10. The Balaban J connectivity index is 1.92. The molecule has 1 aromatic heterocycles. The van der Waals surface area contributed by atoms with Gasteiger partial charge in [0.25, 0.3) is 5.91 Å². The number of carbonyl (C=O) groups is 2. The van der Waals surface area contributed by atoms with Crippen molar-refractivity contribution in [2.45, 2.75) is 20.8 Å². The second-order valence-electron chi connectivity index (χ2n) is 4.93. The molecule has 2 rings (SSSR count). The van der Waals surface area contributed by atoms with Crippen molar-refractivity contribution in [2.24, 2.45) is 0 Å². The van der Waals surface area contributed by atoms with Crippen LogP contribution in [0.4, 0.5) is 5.69 Å². The Labute approximate surface area is 136 Å². The Morgan fingerprint density at radius 3 is 2.55 bits per heavy atom. The van der Waals surface area contributed by atoms with E-state index in [-0.39, 0.29) is 6.61 Å². The number of rotatable bonds is 4. The Morgan fingerprint density at radius 2 is 1.95 bits per heavy atom. The highest BCUT2D eigenvalue weighted by Gasteiger charge is 2.16. The van der Waals surface area contributed by atoms with Crippen LogP contribution >= 0.6 is 15.9 Å². The summed E-state index contributed by atoms with van der Waals surface area (Å²) in [6.45, 7) is 5.01. The number of benzene rings is 1. The lowest BCUT2D eigenvalue weighted by Crippen LogP contribution is -2.21. The molecule has 0 radical (unpaired) electrons. The van der Waals surface area contributed by atoms with Gasteiger partial charge in [-0.15, -0.1) is 0 Å². The van der Waals surface area contributed by atoms with Crippen LogP contribution in [-0.4, -0.2) is 18.5 Å². The van der Waals surface area contributed by atoms with E-state index >= 15 is 0 Å². The van der Waals surface area contributed by atoms with Gasteiger partial charge in [0.2, 0.25) is 0 Å². The minimum absolute atomic E-state index is 0.335. The number of anilines is 1. The number of halogens is 1. The quantitative estimate of drug-likeness (QED) is 0.837. The van der Waals surface area contributed by atoms with Crippen LogP contribution in [0.15, 0.2) is 33.2 Å². The van der Waals surface area contributed by atoms with Gasteiger partial charge in [-0.2, -0.15) is 0 Å². The van der Waals surface area contributed by atoms with E-state index in [0.29, 0.717) is 22.8 Å². The van der Waals surface area contributed by atoms with Crippen LogP contribution in [0, 0.1) is 20.8 Å². The van der Waals surface area contributed by atoms with Gasteiger partial charge in [0.05, 0.1) is 5.69 Å². The summed E-state index contributed by atoms with van der Waals surface area (Å²) in [5.74, 6) is 0.116. The fraction of sp³-hybridized carbons (Fsp3) is 0.250. The number of hydrogen-bond donors (Lipinski definition) is 1. The average molecular weight is 366 g/mol. The zero-order valence-electron chi connectivity index (χ0n) is 12.5. The van der Waals surface area contributed by atoms with E-state index in [1.54, 1.807) is 26.0 Å². The molecular weight excluding hydrogens is 350 g/mol. The zero-order chi connectivity index (χ0) is 16.3. The second kappa shape index (κ2) is 6.79. The number of esters is 1. The number of nitrogens with one attached hydrogen (secondary N) is 1. The summed E-state index contributed by atoms with van der Waals surface area (Å²) >= 11 is 3.37. The van der Waals surface area contributed by atoms with Gasteiger partial charge in [-0.1, -0.05) is 6.07 Å². The first-order valence-electron chi connectivity index (χ1n) is 6.67. The van der Waals surface area contributed by atoms with Gasteiger partial charge >= 0.3 is 5.97 Å². The number of aryl methyl sites for hydroxylation is 3. The predicted octanol–water partition coefficient (Wildman–Crippen LogP) is 3.76. The van der Waals surface area contributed by atoms with E-state index in [4.69, 9.17) is 9.15 Å². The molecule has 0 aliphatic rings. The van der Waals surface area contributed by atoms with Crippen LogP contribution < -0.4 is 5.32 Å². The van der Waals surface area contributed by atoms with E-state index in [0.717, 1.165) is 10.0 Å². The molecule has 0 unspecified atom stereocenters. The largest absolute Gasteiger partial charge is 0.466 e. The summed E-state index contributed by atoms with van der Waals surface area (Å²) in [6.07, 6.45) is 0. The molecule has 116 valence electrons. The summed E-state index contributed by atoms with van der Waals surface area (Å²) in [6, 6.07) is 7.14. The smallest absolute Gasteiger partial charge is 0.342 e. The minimum Gasteiger partial charge on any atom is -0.466 e. The third kappa shape index (κ3) is 3.98. The van der Waals surface area contributed by atoms with Gasteiger partial charge in [0.1, 0.15) is 17.1 Å². The molecule has 0 atom stereocenters. The molecule has 6 heteroatoms. The van der Waals surface area contributed by atoms with Crippen LogP contribution in [0.3, 0.4) is 0 Å². The molecule has 2 aromatic rings. The van der Waals surface area contributed by atoms with Crippen LogP contribution in [0.1, 0.15) is 27.4 Å². The van der Waals surface area contributed by atoms with E-state index < -0.39 is 11.9 Å². The maximum atomic E-state index is 11.9. The van der Waals surface area contributed by atoms with E-state index in [1.165, 1.54) is 0 Å². The van der Waals surface area contributed by atoms with Crippen LogP contribution in [0.2, 0.25) is 0 Å². The van der Waals surface area contributed by atoms with Gasteiger partial charge in [-0.05, 0) is 60.5 Å². The molecule has 1 N–H and O–H groups in total. The van der Waals surface area contributed by atoms with Gasteiger partial charge in [0, 0.05) is 4.47 Å². The maximum Gasteiger partial charge on any atom is 0.342 e. The molecule has 0 aliphatic heterocycles. The molecule has 1 amide bonds. The molecule has 1 aromatic carbocycles. The summed E-state index contributed by atoms with van der Waals surface area (Å²) in [5.41, 5.74) is 2.03. The van der Waals surface area contributed by atoms with Gasteiger partial charge in [-0.25, -0.2) is 4.79 Å². The van der Waals surface area contributed by atoms with Crippen LogP contribution in [0.25, 0.3) is 0 Å². The lowest BCUT2D eigenvalue weighted by molar-refractivity contribution is -0.119. The lowest BCUT2D eigenvalue weighted by Gasteiger charge is -2.08. The van der Waals surface area contributed by atoms with Crippen molar-refractivity contribution < 1.29 is 18.7 Å². The summed E-state index contributed by atoms with van der Waals surface area (Å²) in [4.78, 5) is 23.7. The topological polar surface area (TPSA) is 68.5 Å². The zero-order valence-corrected chi connectivity index (χ0v) is 14.1. The molecule has 1 heterocycles. The van der Waals surface area contributed by atoms with Crippen molar-refractivity contribution in [1.82, 2.24) is 0 Å². The average Bonchev–Trinajstić information content (AvgIpc) is 2.78. The molecule has 22 heavy (non-hydrogen) atoms. The highest BCUT2D eigenvalue weighted by atomic mass is 79.9.